The van der Waals surface area contributed by atoms with E-state index < -0.39 is 0 Å². The molecule has 0 spiro atoms. The molecule has 1 atom stereocenters. The monoisotopic (exact) mass is 240 g/mol. The lowest BCUT2D eigenvalue weighted by Gasteiger charge is -2.04. The first-order valence-electron chi connectivity index (χ1n) is 5.68. The lowest BCUT2D eigenvalue weighted by molar-refractivity contribution is 0.426. The van der Waals surface area contributed by atoms with Crippen molar-refractivity contribution in [1.29, 1.82) is 0 Å². The predicted molar refractivity (Wildman–Crippen MR) is 68.5 cm³/mol. The van der Waals surface area contributed by atoms with Crippen LogP contribution in [-0.4, -0.2) is 16.0 Å². The Morgan fingerprint density at radius 1 is 1.38 bits per heavy atom. The minimum atomic E-state index is 0.272. The molecule has 1 heterocycles. The van der Waals surface area contributed by atoms with Gasteiger partial charge in [0.25, 0.3) is 0 Å². The maximum Gasteiger partial charge on any atom is 0.229 e. The third-order valence-corrected chi connectivity index (χ3v) is 3.28. The van der Waals surface area contributed by atoms with Crippen molar-refractivity contribution < 1.29 is 4.42 Å². The molecule has 0 aliphatic rings. The van der Waals surface area contributed by atoms with E-state index in [1.54, 1.807) is 0 Å². The summed E-state index contributed by atoms with van der Waals surface area (Å²) >= 11 is 1.82. The van der Waals surface area contributed by atoms with Crippen LogP contribution in [0.1, 0.15) is 44.2 Å². The van der Waals surface area contributed by atoms with E-state index in [2.05, 4.69) is 37.5 Å². The molecule has 1 rings (SSSR count). The second kappa shape index (κ2) is 6.74. The molecule has 0 N–H and O–H groups in total. The minimum absolute atomic E-state index is 0.272. The third-order valence-electron chi connectivity index (χ3n) is 2.10. The smallest absolute Gasteiger partial charge is 0.229 e. The van der Waals surface area contributed by atoms with Crippen LogP contribution in [0, 0.1) is 5.92 Å². The average molecular weight is 240 g/mol. The van der Waals surface area contributed by atoms with Crippen molar-refractivity contribution in [2.45, 2.75) is 38.9 Å². The lowest BCUT2D eigenvalue weighted by Crippen LogP contribution is -1.93. The third kappa shape index (κ3) is 4.39. The summed E-state index contributed by atoms with van der Waals surface area (Å²) in [6, 6.07) is 0. The van der Waals surface area contributed by atoms with Gasteiger partial charge in [0.05, 0.1) is 5.25 Å². The van der Waals surface area contributed by atoms with Crippen LogP contribution in [0.25, 0.3) is 0 Å². The van der Waals surface area contributed by atoms with E-state index >= 15 is 0 Å². The highest BCUT2D eigenvalue weighted by Crippen LogP contribution is 2.27. The highest BCUT2D eigenvalue weighted by atomic mass is 32.2. The van der Waals surface area contributed by atoms with Gasteiger partial charge >= 0.3 is 0 Å². The Morgan fingerprint density at radius 2 is 2.12 bits per heavy atom. The Kier molecular flexibility index (Phi) is 5.60. The van der Waals surface area contributed by atoms with Crippen molar-refractivity contribution >= 4 is 11.8 Å². The molecule has 4 heteroatoms. The van der Waals surface area contributed by atoms with Gasteiger partial charge in [0.15, 0.2) is 0 Å². The zero-order valence-electron chi connectivity index (χ0n) is 10.3. The number of rotatable bonds is 7. The summed E-state index contributed by atoms with van der Waals surface area (Å²) < 4.78 is 5.62. The van der Waals surface area contributed by atoms with Gasteiger partial charge < -0.3 is 4.42 Å². The molecular weight excluding hydrogens is 220 g/mol. The van der Waals surface area contributed by atoms with E-state index in [4.69, 9.17) is 4.42 Å². The predicted octanol–water partition coefficient (Wildman–Crippen LogP) is 3.64. The molecule has 0 aromatic carbocycles. The largest absolute Gasteiger partial charge is 0.424 e. The quantitative estimate of drug-likeness (QED) is 0.539. The van der Waals surface area contributed by atoms with Gasteiger partial charge in [-0.05, 0) is 25.0 Å². The van der Waals surface area contributed by atoms with Crippen LogP contribution >= 0.6 is 11.8 Å². The fourth-order valence-corrected chi connectivity index (χ4v) is 2.16. The molecule has 0 fully saturated rings. The zero-order chi connectivity index (χ0) is 12.0. The normalized spacial score (nSPS) is 13.0. The van der Waals surface area contributed by atoms with Crippen LogP contribution in [0.4, 0.5) is 0 Å². The minimum Gasteiger partial charge on any atom is -0.424 e. The summed E-state index contributed by atoms with van der Waals surface area (Å²) in [4.78, 5) is 0. The Morgan fingerprint density at radius 3 is 2.75 bits per heavy atom. The van der Waals surface area contributed by atoms with Gasteiger partial charge in [0, 0.05) is 6.42 Å². The van der Waals surface area contributed by atoms with Crippen LogP contribution in [-0.2, 0) is 6.42 Å². The van der Waals surface area contributed by atoms with Crippen LogP contribution in [0.15, 0.2) is 17.1 Å². The second-order valence-corrected chi connectivity index (χ2v) is 5.67. The van der Waals surface area contributed by atoms with Crippen molar-refractivity contribution in [3.63, 3.8) is 0 Å². The highest BCUT2D eigenvalue weighted by molar-refractivity contribution is 7.99. The Hall–Kier alpha value is -0.770. The molecule has 1 aromatic heterocycles. The number of thioether (sulfide) groups is 1. The van der Waals surface area contributed by atoms with Crippen molar-refractivity contribution in [1.82, 2.24) is 10.2 Å². The molecule has 3 nitrogen and oxygen atoms in total. The fraction of sp³-hybridized carbons (Fsp3) is 0.667. The molecule has 90 valence electrons. The highest BCUT2D eigenvalue weighted by Gasteiger charge is 2.14. The second-order valence-electron chi connectivity index (χ2n) is 4.22. The van der Waals surface area contributed by atoms with Crippen molar-refractivity contribution in [3.05, 3.63) is 24.4 Å². The van der Waals surface area contributed by atoms with Crippen LogP contribution in [0.2, 0.25) is 0 Å². The summed E-state index contributed by atoms with van der Waals surface area (Å²) in [5.74, 6) is 3.09. The van der Waals surface area contributed by atoms with Crippen LogP contribution < -0.4 is 0 Å². The molecule has 0 bridgehead atoms. The number of nitrogens with zero attached hydrogens (tertiary/aromatic N) is 2. The maximum absolute atomic E-state index is 5.62. The molecule has 1 unspecified atom stereocenters. The SMILES string of the molecule is C=CCCSC(C)c1nnc(CC(C)C)o1. The Labute approximate surface area is 102 Å². The molecule has 0 radical (unpaired) electrons. The molecule has 0 saturated carbocycles. The zero-order valence-corrected chi connectivity index (χ0v) is 11.1. The van der Waals surface area contributed by atoms with Gasteiger partial charge in [-0.3, -0.25) is 0 Å². The Bertz CT molecular complexity index is 323. The standard InChI is InChI=1S/C12H20N2OS/c1-5-6-7-16-10(4)12-14-13-11(15-12)8-9(2)3/h5,9-10H,1,6-8H2,2-4H3. The van der Waals surface area contributed by atoms with E-state index in [9.17, 15) is 0 Å². The molecule has 0 saturated heterocycles. The molecule has 0 aliphatic heterocycles. The Balaban J connectivity index is 2.46. The molecule has 1 aromatic rings. The van der Waals surface area contributed by atoms with E-state index in [1.807, 2.05) is 17.8 Å². The molecular formula is C12H20N2OS. The summed E-state index contributed by atoms with van der Waals surface area (Å²) in [6.45, 7) is 10.1. The molecule has 0 amide bonds. The van der Waals surface area contributed by atoms with Gasteiger partial charge in [-0.2, -0.15) is 0 Å². The lowest BCUT2D eigenvalue weighted by atomic mass is 10.1. The van der Waals surface area contributed by atoms with Gasteiger partial charge in [0.1, 0.15) is 0 Å². The molecule has 0 aliphatic carbocycles. The number of hydrogen-bond donors (Lipinski definition) is 0. The van der Waals surface area contributed by atoms with Crippen molar-refractivity contribution in [2.75, 3.05) is 5.75 Å². The van der Waals surface area contributed by atoms with Crippen molar-refractivity contribution in [3.8, 4) is 0 Å². The number of allylic oxidation sites excluding steroid dienone is 1. The van der Waals surface area contributed by atoms with E-state index in [0.29, 0.717) is 5.92 Å². The summed E-state index contributed by atoms with van der Waals surface area (Å²) in [6.07, 6.45) is 3.80. The maximum atomic E-state index is 5.62. The molecule has 16 heavy (non-hydrogen) atoms. The van der Waals surface area contributed by atoms with Gasteiger partial charge in [-0.15, -0.1) is 28.5 Å². The first kappa shape index (κ1) is 13.3. The van der Waals surface area contributed by atoms with E-state index in [1.165, 1.54) is 0 Å². The van der Waals surface area contributed by atoms with E-state index in [-0.39, 0.29) is 5.25 Å². The summed E-state index contributed by atoms with van der Waals surface area (Å²) in [7, 11) is 0. The first-order chi connectivity index (χ1) is 7.63. The topological polar surface area (TPSA) is 38.9 Å². The van der Waals surface area contributed by atoms with Gasteiger partial charge in [0.2, 0.25) is 11.8 Å². The van der Waals surface area contributed by atoms with E-state index in [0.717, 1.165) is 30.4 Å². The average Bonchev–Trinajstić information content (AvgIpc) is 2.65. The first-order valence-corrected chi connectivity index (χ1v) is 6.73. The van der Waals surface area contributed by atoms with Gasteiger partial charge in [-0.1, -0.05) is 19.9 Å². The van der Waals surface area contributed by atoms with Gasteiger partial charge in [-0.25, -0.2) is 0 Å². The number of hydrogen-bond acceptors (Lipinski definition) is 4. The van der Waals surface area contributed by atoms with Crippen LogP contribution in [0.3, 0.4) is 0 Å². The van der Waals surface area contributed by atoms with Crippen molar-refractivity contribution in [2.24, 2.45) is 5.92 Å². The number of aromatic nitrogens is 2. The summed E-state index contributed by atoms with van der Waals surface area (Å²) in [5, 5.41) is 8.41. The fourth-order valence-electron chi connectivity index (χ4n) is 1.26. The summed E-state index contributed by atoms with van der Waals surface area (Å²) in [5.41, 5.74) is 0. The van der Waals surface area contributed by atoms with Crippen LogP contribution in [0.5, 0.6) is 0 Å².